The molecule has 0 atom stereocenters. The lowest BCUT2D eigenvalue weighted by Crippen LogP contribution is -2.25. The van der Waals surface area contributed by atoms with Gasteiger partial charge in [0.2, 0.25) is 0 Å². The van der Waals surface area contributed by atoms with E-state index in [4.69, 9.17) is 9.15 Å². The van der Waals surface area contributed by atoms with E-state index in [1.807, 2.05) is 0 Å². The van der Waals surface area contributed by atoms with Crippen LogP contribution in [0.3, 0.4) is 0 Å². The van der Waals surface area contributed by atoms with Crippen LogP contribution < -0.4 is 0 Å². The maximum atomic E-state index is 12.2. The molecule has 0 unspecified atom stereocenters. The first-order valence-corrected chi connectivity index (χ1v) is 8.70. The van der Waals surface area contributed by atoms with Crippen molar-refractivity contribution in [2.45, 2.75) is 11.5 Å². The number of carbonyl (C=O) groups is 2. The third kappa shape index (κ3) is 4.10. The monoisotopic (exact) mass is 383 g/mol. The van der Waals surface area contributed by atoms with E-state index in [9.17, 15) is 18.0 Å². The molecule has 0 aliphatic heterocycles. The number of carbonyl (C=O) groups excluding carboxylic acids is 2. The van der Waals surface area contributed by atoms with Crippen molar-refractivity contribution in [2.24, 2.45) is 0 Å². The van der Waals surface area contributed by atoms with Gasteiger partial charge in [-0.15, -0.1) is 0 Å². The molecule has 0 bridgehead atoms. The highest BCUT2D eigenvalue weighted by atomic mass is 32.2. The van der Waals surface area contributed by atoms with E-state index in [1.54, 1.807) is 0 Å². The number of sulfonamides is 1. The second-order valence-corrected chi connectivity index (χ2v) is 6.89. The van der Waals surface area contributed by atoms with Gasteiger partial charge in [-0.3, -0.25) is 4.84 Å². The number of nitrogens with zero attached hydrogens (tertiary/aromatic N) is 1. The number of hydrogen-bond acceptors (Lipinski definition) is 8. The van der Waals surface area contributed by atoms with Crippen molar-refractivity contribution in [3.8, 4) is 0 Å². The maximum absolute atomic E-state index is 12.2. The zero-order valence-corrected chi connectivity index (χ0v) is 15.1. The highest BCUT2D eigenvalue weighted by Gasteiger charge is 2.23. The highest BCUT2D eigenvalue weighted by Crippen LogP contribution is 2.18. The third-order valence-electron chi connectivity index (χ3n) is 3.45. The minimum Gasteiger partial charge on any atom is -0.465 e. The Morgan fingerprint density at radius 2 is 1.88 bits per heavy atom. The topological polar surface area (TPSA) is 112 Å². The quantitative estimate of drug-likeness (QED) is 0.523. The summed E-state index contributed by atoms with van der Waals surface area (Å²) in [6.07, 6.45) is 1.27. The second-order valence-electron chi connectivity index (χ2n) is 4.95. The van der Waals surface area contributed by atoms with Gasteiger partial charge in [0, 0.05) is 7.05 Å². The van der Waals surface area contributed by atoms with E-state index in [0.29, 0.717) is 4.47 Å². The first-order chi connectivity index (χ1) is 12.3. The summed E-state index contributed by atoms with van der Waals surface area (Å²) in [4.78, 5) is 28.3. The molecular formula is C16H17NO8S. The summed E-state index contributed by atoms with van der Waals surface area (Å²) in [5.41, 5.74) is 0.153. The predicted molar refractivity (Wildman–Crippen MR) is 87.6 cm³/mol. The van der Waals surface area contributed by atoms with Crippen LogP contribution in [0.25, 0.3) is 0 Å². The molecule has 1 aromatic carbocycles. The number of rotatable bonds is 7. The van der Waals surface area contributed by atoms with E-state index in [-0.39, 0.29) is 28.4 Å². The average Bonchev–Trinajstić information content (AvgIpc) is 3.13. The van der Waals surface area contributed by atoms with Gasteiger partial charge < -0.3 is 13.9 Å². The Bertz CT molecular complexity index is 902. The molecule has 0 aliphatic rings. The molecule has 0 radical (unpaired) electrons. The van der Waals surface area contributed by atoms with Crippen LogP contribution in [0.2, 0.25) is 0 Å². The van der Waals surface area contributed by atoms with Crippen LogP contribution in [0.4, 0.5) is 0 Å². The van der Waals surface area contributed by atoms with Gasteiger partial charge in [-0.05, 0) is 24.3 Å². The molecule has 1 heterocycles. The molecule has 26 heavy (non-hydrogen) atoms. The minimum atomic E-state index is -3.90. The number of hydroxylamine groups is 1. The first kappa shape index (κ1) is 19.6. The summed E-state index contributed by atoms with van der Waals surface area (Å²) in [6, 6.07) is 6.68. The van der Waals surface area contributed by atoms with Crippen LogP contribution in [-0.4, -0.2) is 46.1 Å². The largest absolute Gasteiger partial charge is 0.465 e. The second kappa shape index (κ2) is 8.13. The summed E-state index contributed by atoms with van der Waals surface area (Å²) in [6.45, 7) is -0.314. The lowest BCUT2D eigenvalue weighted by Gasteiger charge is -2.14. The molecule has 0 N–H and O–H groups in total. The van der Waals surface area contributed by atoms with E-state index in [1.165, 1.54) is 51.8 Å². The molecule has 0 saturated carbocycles. The Labute approximate surface area is 150 Å². The zero-order valence-electron chi connectivity index (χ0n) is 14.3. The standard InChI is InChI=1S/C16H17NO8S/c1-17(23-3)26(20,21)12-6-4-5-11(9-12)15(18)25-10-14-13(7-8-24-14)16(19)22-2/h4-9H,10H2,1-3H3. The number of furan rings is 1. The number of esters is 2. The molecule has 0 saturated heterocycles. The van der Waals surface area contributed by atoms with Crippen molar-refractivity contribution in [3.05, 3.63) is 53.5 Å². The van der Waals surface area contributed by atoms with E-state index in [0.717, 1.165) is 6.07 Å². The average molecular weight is 383 g/mol. The van der Waals surface area contributed by atoms with Crippen LogP contribution in [-0.2, 0) is 30.9 Å². The molecule has 10 heteroatoms. The van der Waals surface area contributed by atoms with Crippen molar-refractivity contribution in [1.82, 2.24) is 4.47 Å². The molecule has 2 aromatic rings. The molecule has 0 amide bonds. The van der Waals surface area contributed by atoms with Crippen molar-refractivity contribution in [2.75, 3.05) is 21.3 Å². The Morgan fingerprint density at radius 3 is 2.54 bits per heavy atom. The molecule has 1 aromatic heterocycles. The maximum Gasteiger partial charge on any atom is 0.341 e. The fourth-order valence-electron chi connectivity index (χ4n) is 1.99. The normalized spacial score (nSPS) is 11.4. The summed E-state index contributed by atoms with van der Waals surface area (Å²) < 4.78 is 39.9. The molecule has 9 nitrogen and oxygen atoms in total. The lowest BCUT2D eigenvalue weighted by atomic mass is 10.2. The van der Waals surface area contributed by atoms with Gasteiger partial charge in [-0.1, -0.05) is 10.5 Å². The smallest absolute Gasteiger partial charge is 0.341 e. The van der Waals surface area contributed by atoms with Gasteiger partial charge >= 0.3 is 11.9 Å². The first-order valence-electron chi connectivity index (χ1n) is 7.26. The van der Waals surface area contributed by atoms with Gasteiger partial charge in [-0.25, -0.2) is 18.0 Å². The van der Waals surface area contributed by atoms with Crippen LogP contribution >= 0.6 is 0 Å². The van der Waals surface area contributed by atoms with Gasteiger partial charge in [0.05, 0.1) is 30.9 Å². The Morgan fingerprint density at radius 1 is 1.15 bits per heavy atom. The fraction of sp³-hybridized carbons (Fsp3) is 0.250. The van der Waals surface area contributed by atoms with Gasteiger partial charge in [0.1, 0.15) is 5.56 Å². The zero-order chi connectivity index (χ0) is 19.3. The van der Waals surface area contributed by atoms with Crippen LogP contribution in [0.5, 0.6) is 0 Å². The van der Waals surface area contributed by atoms with Gasteiger partial charge in [0.25, 0.3) is 10.0 Å². The Hall–Kier alpha value is -2.69. The van der Waals surface area contributed by atoms with Crippen molar-refractivity contribution < 1.29 is 36.7 Å². The molecule has 0 spiro atoms. The fourth-order valence-corrected chi connectivity index (χ4v) is 3.01. The molecule has 140 valence electrons. The van der Waals surface area contributed by atoms with Crippen molar-refractivity contribution >= 4 is 22.0 Å². The summed E-state index contributed by atoms with van der Waals surface area (Å²) >= 11 is 0. The number of hydrogen-bond donors (Lipinski definition) is 0. The lowest BCUT2D eigenvalue weighted by molar-refractivity contribution is -0.0258. The van der Waals surface area contributed by atoms with Crippen molar-refractivity contribution in [1.29, 1.82) is 0 Å². The van der Waals surface area contributed by atoms with Crippen LogP contribution in [0.1, 0.15) is 26.5 Å². The summed E-state index contributed by atoms with van der Waals surface area (Å²) in [7, 11) is -0.251. The minimum absolute atomic E-state index is 0.0155. The van der Waals surface area contributed by atoms with Gasteiger partial charge in [0.15, 0.2) is 12.4 Å². The van der Waals surface area contributed by atoms with E-state index in [2.05, 4.69) is 9.57 Å². The Kier molecular flexibility index (Phi) is 6.14. The third-order valence-corrected chi connectivity index (χ3v) is 5.12. The summed E-state index contributed by atoms with van der Waals surface area (Å²) in [5.74, 6) is -1.29. The highest BCUT2D eigenvalue weighted by molar-refractivity contribution is 7.89. The summed E-state index contributed by atoms with van der Waals surface area (Å²) in [5, 5.41) is 0. The van der Waals surface area contributed by atoms with Crippen LogP contribution in [0.15, 0.2) is 45.9 Å². The van der Waals surface area contributed by atoms with E-state index < -0.39 is 22.0 Å². The molecule has 2 rings (SSSR count). The number of ether oxygens (including phenoxy) is 2. The molecular weight excluding hydrogens is 366 g/mol. The predicted octanol–water partition coefficient (Wildman–Crippen LogP) is 1.61. The SMILES string of the molecule is COC(=O)c1ccoc1COC(=O)c1cccc(S(=O)(=O)N(C)OC)c1. The molecule has 0 aliphatic carbocycles. The van der Waals surface area contributed by atoms with E-state index >= 15 is 0 Å². The number of methoxy groups -OCH3 is 1. The Balaban J connectivity index is 2.15. The number of benzene rings is 1. The van der Waals surface area contributed by atoms with Gasteiger partial charge in [-0.2, -0.15) is 0 Å². The molecule has 0 fully saturated rings. The van der Waals surface area contributed by atoms with Crippen molar-refractivity contribution in [3.63, 3.8) is 0 Å². The van der Waals surface area contributed by atoms with Crippen LogP contribution in [0, 0.1) is 0 Å².